The number of rotatable bonds is 30. The lowest BCUT2D eigenvalue weighted by molar-refractivity contribution is -0.0296. The minimum absolute atomic E-state index is 0.00917. The van der Waals surface area contributed by atoms with Crippen LogP contribution in [0.1, 0.15) is 61.3 Å². The van der Waals surface area contributed by atoms with Gasteiger partial charge in [-0.2, -0.15) is 0 Å². The Hall–Kier alpha value is -3.40. The second-order valence-corrected chi connectivity index (χ2v) is 11.3. The molecule has 0 aliphatic rings. The van der Waals surface area contributed by atoms with Crippen LogP contribution in [0.25, 0.3) is 0 Å². The molecule has 2 aromatic carbocycles. The maximum Gasteiger partial charge on any atom is 0.188 e. The zero-order valence-corrected chi connectivity index (χ0v) is 32.3. The van der Waals surface area contributed by atoms with Crippen molar-refractivity contribution in [2.45, 2.75) is 64.7 Å². The molecule has 14 heteroatoms. The van der Waals surface area contributed by atoms with Crippen molar-refractivity contribution in [3.63, 3.8) is 0 Å². The van der Waals surface area contributed by atoms with Crippen molar-refractivity contribution in [2.75, 3.05) is 105 Å². The molecule has 2 rings (SSSR count). The van der Waals surface area contributed by atoms with Crippen LogP contribution in [0.15, 0.2) is 0 Å². The minimum Gasteiger partial charge on any atom is -0.492 e. The van der Waals surface area contributed by atoms with E-state index in [0.29, 0.717) is 78.3 Å². The molecular weight excluding hydrogens is 668 g/mol. The first kappa shape index (κ1) is 43.8. The topological polar surface area (TPSA) is 129 Å². The van der Waals surface area contributed by atoms with Crippen molar-refractivity contribution < 1.29 is 66.3 Å². The molecule has 51 heavy (non-hydrogen) atoms. The number of unbranched alkanes of at least 4 members (excludes halogenated alkanes) is 3. The molecule has 0 aliphatic carbocycles. The van der Waals surface area contributed by atoms with Gasteiger partial charge < -0.3 is 66.3 Å². The van der Waals surface area contributed by atoms with Gasteiger partial charge in [0.2, 0.25) is 0 Å². The molecular formula is C37H60O14. The first-order valence-electron chi connectivity index (χ1n) is 17.1. The molecule has 0 saturated heterocycles. The van der Waals surface area contributed by atoms with E-state index in [4.69, 9.17) is 66.3 Å². The molecule has 2 aromatic rings. The van der Waals surface area contributed by atoms with Gasteiger partial charge in [0.05, 0.1) is 35.0 Å². The van der Waals surface area contributed by atoms with Crippen LogP contribution in [0.5, 0.6) is 46.0 Å². The summed E-state index contributed by atoms with van der Waals surface area (Å²) in [5, 5.41) is 0. The molecule has 14 nitrogen and oxygen atoms in total. The van der Waals surface area contributed by atoms with Crippen LogP contribution in [0.4, 0.5) is 0 Å². The third-order valence-corrected chi connectivity index (χ3v) is 7.95. The van der Waals surface area contributed by atoms with Crippen molar-refractivity contribution in [1.29, 1.82) is 0 Å². The fourth-order valence-electron chi connectivity index (χ4n) is 5.81. The molecule has 0 amide bonds. The normalized spacial score (nSPS) is 11.0. The SMILES string of the molecule is CCCCc1c(OC)c(OCOC)c(CCCCCc2c(OC)c(OCOC)c(CCOCOC)c(OC)c2OCOC)c(OC)c1OCOC. The summed E-state index contributed by atoms with van der Waals surface area (Å²) >= 11 is 0. The molecule has 0 aliphatic heterocycles. The Labute approximate surface area is 303 Å². The second-order valence-electron chi connectivity index (χ2n) is 11.3. The minimum atomic E-state index is 0.00917. The molecule has 0 radical (unpaired) electrons. The fourth-order valence-corrected chi connectivity index (χ4v) is 5.81. The number of benzene rings is 2. The first-order valence-corrected chi connectivity index (χ1v) is 17.1. The van der Waals surface area contributed by atoms with Gasteiger partial charge in [0, 0.05) is 64.2 Å². The van der Waals surface area contributed by atoms with Gasteiger partial charge in [0.1, 0.15) is 6.79 Å². The van der Waals surface area contributed by atoms with Crippen LogP contribution in [-0.4, -0.2) is 105 Å². The van der Waals surface area contributed by atoms with Gasteiger partial charge in [-0.05, 0) is 38.5 Å². The zero-order chi connectivity index (χ0) is 37.4. The summed E-state index contributed by atoms with van der Waals surface area (Å²) in [4.78, 5) is 0. The maximum absolute atomic E-state index is 6.15. The van der Waals surface area contributed by atoms with Gasteiger partial charge in [0.15, 0.2) is 73.2 Å². The predicted molar refractivity (Wildman–Crippen MR) is 191 cm³/mol. The van der Waals surface area contributed by atoms with Crippen LogP contribution in [-0.2, 0) is 54.1 Å². The molecule has 0 bridgehead atoms. The molecule has 0 fully saturated rings. The molecule has 292 valence electrons. The lowest BCUT2D eigenvalue weighted by Gasteiger charge is -2.25. The Balaban J connectivity index is 2.51. The van der Waals surface area contributed by atoms with E-state index in [1.165, 1.54) is 0 Å². The van der Waals surface area contributed by atoms with Crippen molar-refractivity contribution >= 4 is 0 Å². The Bertz CT molecular complexity index is 1270. The first-order chi connectivity index (χ1) is 25.0. The summed E-state index contributed by atoms with van der Waals surface area (Å²) in [5.41, 5.74) is 3.21. The zero-order valence-electron chi connectivity index (χ0n) is 32.3. The Morgan fingerprint density at radius 2 is 0.647 bits per heavy atom. The van der Waals surface area contributed by atoms with Gasteiger partial charge in [-0.1, -0.05) is 19.8 Å². The number of hydrogen-bond acceptors (Lipinski definition) is 14. The summed E-state index contributed by atoms with van der Waals surface area (Å²) < 4.78 is 80.1. The van der Waals surface area contributed by atoms with Crippen LogP contribution >= 0.6 is 0 Å². The van der Waals surface area contributed by atoms with Crippen LogP contribution in [0, 0.1) is 0 Å². The van der Waals surface area contributed by atoms with Gasteiger partial charge >= 0.3 is 0 Å². The quantitative estimate of drug-likeness (QED) is 0.0677. The van der Waals surface area contributed by atoms with Crippen molar-refractivity contribution in [3.05, 3.63) is 22.3 Å². The van der Waals surface area contributed by atoms with E-state index in [-0.39, 0.29) is 34.0 Å². The van der Waals surface area contributed by atoms with Crippen LogP contribution in [0.2, 0.25) is 0 Å². The number of methoxy groups -OCH3 is 9. The van der Waals surface area contributed by atoms with Crippen molar-refractivity contribution in [1.82, 2.24) is 0 Å². The van der Waals surface area contributed by atoms with Gasteiger partial charge in [-0.15, -0.1) is 0 Å². The Morgan fingerprint density at radius 3 is 0.941 bits per heavy atom. The summed E-state index contributed by atoms with van der Waals surface area (Å²) in [5.74, 6) is 4.44. The highest BCUT2D eigenvalue weighted by Gasteiger charge is 2.30. The van der Waals surface area contributed by atoms with E-state index in [2.05, 4.69) is 6.92 Å². The summed E-state index contributed by atoms with van der Waals surface area (Å²) in [7, 11) is 14.3. The Morgan fingerprint density at radius 1 is 0.333 bits per heavy atom. The maximum atomic E-state index is 6.15. The molecule has 0 unspecified atom stereocenters. The van der Waals surface area contributed by atoms with E-state index in [1.54, 1.807) is 64.0 Å². The third-order valence-electron chi connectivity index (χ3n) is 7.95. The molecule has 0 saturated carbocycles. The van der Waals surface area contributed by atoms with E-state index in [0.717, 1.165) is 54.4 Å². The third kappa shape index (κ3) is 12.4. The second kappa shape index (κ2) is 25.5. The highest BCUT2D eigenvalue weighted by atomic mass is 16.7. The van der Waals surface area contributed by atoms with Gasteiger partial charge in [-0.25, -0.2) is 0 Å². The van der Waals surface area contributed by atoms with Crippen LogP contribution < -0.4 is 37.9 Å². The summed E-state index contributed by atoms with van der Waals surface area (Å²) in [6.07, 6.45) is 6.68. The number of ether oxygens (including phenoxy) is 14. The molecule has 0 N–H and O–H groups in total. The Kier molecular flexibility index (Phi) is 21.9. The lowest BCUT2D eigenvalue weighted by Crippen LogP contribution is -2.13. The van der Waals surface area contributed by atoms with Crippen LogP contribution in [0.3, 0.4) is 0 Å². The van der Waals surface area contributed by atoms with Gasteiger partial charge in [-0.3, -0.25) is 0 Å². The monoisotopic (exact) mass is 728 g/mol. The predicted octanol–water partition coefficient (Wildman–Crippen LogP) is 6.11. The van der Waals surface area contributed by atoms with E-state index in [1.807, 2.05) is 0 Å². The summed E-state index contributed by atoms with van der Waals surface area (Å²) in [6.45, 7) is 2.77. The standard InChI is InChI=1S/C37H60O14/c1-11-12-16-26-30(43-7)35(49-23-40-4)27(31(44-8)34(26)48-22-39-3)17-14-13-15-18-28-32(45-9)37(51-25-42-6)29(19-20-47-21-38-2)33(46-10)36(28)50-24-41-5/h11-25H2,1-10H3. The lowest BCUT2D eigenvalue weighted by atomic mass is 9.95. The average Bonchev–Trinajstić information content (AvgIpc) is 3.15. The molecule has 0 heterocycles. The summed E-state index contributed by atoms with van der Waals surface area (Å²) in [6, 6.07) is 0. The molecule has 0 atom stereocenters. The number of hydrogen-bond donors (Lipinski definition) is 0. The molecule has 0 aromatic heterocycles. The van der Waals surface area contributed by atoms with E-state index >= 15 is 0 Å². The van der Waals surface area contributed by atoms with E-state index < -0.39 is 0 Å². The average molecular weight is 729 g/mol. The highest BCUT2D eigenvalue weighted by molar-refractivity contribution is 5.68. The van der Waals surface area contributed by atoms with Crippen molar-refractivity contribution in [2.24, 2.45) is 0 Å². The van der Waals surface area contributed by atoms with Gasteiger partial charge in [0.25, 0.3) is 0 Å². The highest BCUT2D eigenvalue weighted by Crippen LogP contribution is 2.51. The van der Waals surface area contributed by atoms with E-state index in [9.17, 15) is 0 Å². The largest absolute Gasteiger partial charge is 0.492 e. The fraction of sp³-hybridized carbons (Fsp3) is 0.676. The molecule has 0 spiro atoms. The smallest absolute Gasteiger partial charge is 0.188 e. The van der Waals surface area contributed by atoms with Crippen molar-refractivity contribution in [3.8, 4) is 46.0 Å².